The lowest BCUT2D eigenvalue weighted by Gasteiger charge is -2.27. The molecule has 1 rings (SSSR count). The molecule has 0 amide bonds. The molecule has 1 aromatic rings. The molecule has 4 nitrogen and oxygen atoms in total. The molecule has 17 heavy (non-hydrogen) atoms. The molecular formula is C12H16ClNO3. The van der Waals surface area contributed by atoms with Gasteiger partial charge in [0, 0.05) is 18.1 Å². The Morgan fingerprint density at radius 3 is 2.76 bits per heavy atom. The van der Waals surface area contributed by atoms with E-state index in [-0.39, 0.29) is 12.5 Å². The lowest BCUT2D eigenvalue weighted by atomic mass is 10.2. The molecule has 1 atom stereocenters. The van der Waals surface area contributed by atoms with Crippen LogP contribution in [0.15, 0.2) is 18.2 Å². The Labute approximate surface area is 106 Å². The van der Waals surface area contributed by atoms with Crippen molar-refractivity contribution >= 4 is 23.3 Å². The van der Waals surface area contributed by atoms with Gasteiger partial charge in [-0.25, -0.2) is 0 Å². The summed E-state index contributed by atoms with van der Waals surface area (Å²) in [5.74, 6) is -0.153. The van der Waals surface area contributed by atoms with E-state index in [4.69, 9.17) is 21.4 Å². The minimum atomic E-state index is -0.828. The number of halogens is 1. The smallest absolute Gasteiger partial charge is 0.305 e. The van der Waals surface area contributed by atoms with Gasteiger partial charge in [-0.2, -0.15) is 0 Å². The van der Waals surface area contributed by atoms with Crippen LogP contribution in [0.2, 0.25) is 5.02 Å². The van der Waals surface area contributed by atoms with Gasteiger partial charge < -0.3 is 14.7 Å². The van der Waals surface area contributed by atoms with E-state index in [9.17, 15) is 4.79 Å². The van der Waals surface area contributed by atoms with Gasteiger partial charge in [-0.15, -0.1) is 0 Å². The molecule has 0 heterocycles. The highest BCUT2D eigenvalue weighted by Crippen LogP contribution is 2.31. The van der Waals surface area contributed by atoms with Gasteiger partial charge in [0.2, 0.25) is 0 Å². The molecular weight excluding hydrogens is 242 g/mol. The molecule has 0 saturated heterocycles. The summed E-state index contributed by atoms with van der Waals surface area (Å²) in [6.45, 7) is 1.84. The van der Waals surface area contributed by atoms with Gasteiger partial charge in [0.05, 0.1) is 19.2 Å². The molecule has 0 saturated carbocycles. The molecule has 1 aromatic carbocycles. The Bertz CT molecular complexity index is 409. The number of methoxy groups -OCH3 is 1. The van der Waals surface area contributed by atoms with Crippen LogP contribution in [0.1, 0.15) is 13.3 Å². The summed E-state index contributed by atoms with van der Waals surface area (Å²) in [7, 11) is 3.39. The predicted octanol–water partition coefficient (Wildman–Crippen LogP) is 2.65. The van der Waals surface area contributed by atoms with Crippen LogP contribution in [0.5, 0.6) is 5.75 Å². The fraction of sp³-hybridized carbons (Fsp3) is 0.417. The normalized spacial score (nSPS) is 12.0. The van der Waals surface area contributed by atoms with Gasteiger partial charge in [0.1, 0.15) is 5.75 Å². The number of anilines is 1. The quantitative estimate of drug-likeness (QED) is 0.881. The van der Waals surface area contributed by atoms with Crippen LogP contribution >= 0.6 is 11.6 Å². The van der Waals surface area contributed by atoms with Crippen molar-refractivity contribution in [3.63, 3.8) is 0 Å². The Kier molecular flexibility index (Phi) is 4.63. The fourth-order valence-corrected chi connectivity index (χ4v) is 1.73. The summed E-state index contributed by atoms with van der Waals surface area (Å²) in [6.07, 6.45) is 0.0617. The topological polar surface area (TPSA) is 49.8 Å². The van der Waals surface area contributed by atoms with Crippen molar-refractivity contribution in [1.82, 2.24) is 0 Å². The maximum absolute atomic E-state index is 10.7. The molecule has 0 aromatic heterocycles. The van der Waals surface area contributed by atoms with E-state index in [1.54, 1.807) is 25.3 Å². The van der Waals surface area contributed by atoms with Crippen LogP contribution in [-0.4, -0.2) is 31.3 Å². The Morgan fingerprint density at radius 2 is 2.24 bits per heavy atom. The van der Waals surface area contributed by atoms with Crippen LogP contribution in [0.25, 0.3) is 0 Å². The second-order valence-electron chi connectivity index (χ2n) is 3.87. The van der Waals surface area contributed by atoms with E-state index >= 15 is 0 Å². The van der Waals surface area contributed by atoms with Gasteiger partial charge in [0.15, 0.2) is 0 Å². The molecule has 1 unspecified atom stereocenters. The predicted molar refractivity (Wildman–Crippen MR) is 68.1 cm³/mol. The summed E-state index contributed by atoms with van der Waals surface area (Å²) >= 11 is 5.93. The third kappa shape index (κ3) is 3.53. The first-order valence-corrected chi connectivity index (χ1v) is 5.61. The molecule has 1 N–H and O–H groups in total. The van der Waals surface area contributed by atoms with Crippen molar-refractivity contribution in [3.05, 3.63) is 23.2 Å². The van der Waals surface area contributed by atoms with E-state index < -0.39 is 5.97 Å². The average Bonchev–Trinajstić information content (AvgIpc) is 2.27. The monoisotopic (exact) mass is 257 g/mol. The van der Waals surface area contributed by atoms with Gasteiger partial charge in [-0.3, -0.25) is 4.79 Å². The molecule has 0 aliphatic rings. The summed E-state index contributed by atoms with van der Waals surface area (Å²) in [5, 5.41) is 9.37. The van der Waals surface area contributed by atoms with Crippen LogP contribution in [0, 0.1) is 0 Å². The molecule has 0 spiro atoms. The minimum Gasteiger partial charge on any atom is -0.495 e. The number of carbonyl (C=O) groups is 1. The maximum atomic E-state index is 10.7. The maximum Gasteiger partial charge on any atom is 0.305 e. The van der Waals surface area contributed by atoms with Gasteiger partial charge in [-0.05, 0) is 25.1 Å². The number of hydrogen-bond donors (Lipinski definition) is 1. The van der Waals surface area contributed by atoms with E-state index in [0.29, 0.717) is 10.8 Å². The Hall–Kier alpha value is -1.42. The second-order valence-corrected chi connectivity index (χ2v) is 4.31. The van der Waals surface area contributed by atoms with Crippen LogP contribution in [0.3, 0.4) is 0 Å². The number of carboxylic acids is 1. The SMILES string of the molecule is COc1ccc(Cl)cc1N(C)C(C)CC(=O)O. The molecule has 5 heteroatoms. The second kappa shape index (κ2) is 5.77. The van der Waals surface area contributed by atoms with Gasteiger partial charge >= 0.3 is 5.97 Å². The van der Waals surface area contributed by atoms with Crippen molar-refractivity contribution in [2.45, 2.75) is 19.4 Å². The van der Waals surface area contributed by atoms with Crippen LogP contribution < -0.4 is 9.64 Å². The number of carboxylic acid groups (broad SMARTS) is 1. The van der Waals surface area contributed by atoms with Gasteiger partial charge in [-0.1, -0.05) is 11.6 Å². The van der Waals surface area contributed by atoms with E-state index in [1.165, 1.54) is 0 Å². The Balaban J connectivity index is 2.97. The molecule has 0 aliphatic carbocycles. The highest BCUT2D eigenvalue weighted by molar-refractivity contribution is 6.30. The molecule has 0 bridgehead atoms. The lowest BCUT2D eigenvalue weighted by Crippen LogP contribution is -2.31. The largest absolute Gasteiger partial charge is 0.495 e. The van der Waals surface area contributed by atoms with Crippen molar-refractivity contribution in [2.24, 2.45) is 0 Å². The first-order valence-electron chi connectivity index (χ1n) is 5.24. The molecule has 0 radical (unpaired) electrons. The zero-order chi connectivity index (χ0) is 13.0. The molecule has 94 valence electrons. The molecule has 0 aliphatic heterocycles. The number of benzene rings is 1. The van der Waals surface area contributed by atoms with Crippen molar-refractivity contribution in [2.75, 3.05) is 19.1 Å². The number of hydrogen-bond acceptors (Lipinski definition) is 3. The minimum absolute atomic E-state index is 0.0617. The first kappa shape index (κ1) is 13.6. The third-order valence-electron chi connectivity index (χ3n) is 2.65. The number of rotatable bonds is 5. The highest BCUT2D eigenvalue weighted by Gasteiger charge is 2.17. The highest BCUT2D eigenvalue weighted by atomic mass is 35.5. The summed E-state index contributed by atoms with van der Waals surface area (Å²) in [5.41, 5.74) is 0.786. The van der Waals surface area contributed by atoms with Crippen LogP contribution in [-0.2, 0) is 4.79 Å². The summed E-state index contributed by atoms with van der Waals surface area (Å²) < 4.78 is 5.23. The van der Waals surface area contributed by atoms with Crippen molar-refractivity contribution < 1.29 is 14.6 Å². The van der Waals surface area contributed by atoms with Crippen LogP contribution in [0.4, 0.5) is 5.69 Å². The van der Waals surface area contributed by atoms with E-state index in [0.717, 1.165) is 5.69 Å². The number of ether oxygens (including phenoxy) is 1. The molecule has 0 fully saturated rings. The number of nitrogens with zero attached hydrogens (tertiary/aromatic N) is 1. The van der Waals surface area contributed by atoms with E-state index in [2.05, 4.69) is 0 Å². The van der Waals surface area contributed by atoms with Gasteiger partial charge in [0.25, 0.3) is 0 Å². The van der Waals surface area contributed by atoms with Crippen molar-refractivity contribution in [1.29, 1.82) is 0 Å². The zero-order valence-electron chi connectivity index (χ0n) is 10.1. The first-order chi connectivity index (χ1) is 7.95. The Morgan fingerprint density at radius 1 is 1.59 bits per heavy atom. The van der Waals surface area contributed by atoms with Crippen molar-refractivity contribution in [3.8, 4) is 5.75 Å². The zero-order valence-corrected chi connectivity index (χ0v) is 10.9. The fourth-order valence-electron chi connectivity index (χ4n) is 1.57. The third-order valence-corrected chi connectivity index (χ3v) is 2.89. The summed E-state index contributed by atoms with van der Waals surface area (Å²) in [4.78, 5) is 12.5. The summed E-state index contributed by atoms with van der Waals surface area (Å²) in [6, 6.07) is 5.12. The van der Waals surface area contributed by atoms with E-state index in [1.807, 2.05) is 18.9 Å². The lowest BCUT2D eigenvalue weighted by molar-refractivity contribution is -0.137. The number of aliphatic carboxylic acids is 1. The average molecular weight is 258 g/mol. The standard InChI is InChI=1S/C12H16ClNO3/c1-8(6-12(15)16)14(2)10-7-9(13)4-5-11(10)17-3/h4-5,7-8H,6H2,1-3H3,(H,15,16).